The number of anilines is 1. The van der Waals surface area contributed by atoms with Gasteiger partial charge in [-0.3, -0.25) is 9.59 Å². The summed E-state index contributed by atoms with van der Waals surface area (Å²) < 4.78 is 21.3. The minimum Gasteiger partial charge on any atom is -0.497 e. The molecule has 1 fully saturated rings. The van der Waals surface area contributed by atoms with E-state index >= 15 is 0 Å². The Labute approximate surface area is 168 Å². The van der Waals surface area contributed by atoms with Gasteiger partial charge in [-0.05, 0) is 37.3 Å². The first-order valence-corrected chi connectivity index (χ1v) is 9.27. The van der Waals surface area contributed by atoms with Gasteiger partial charge in [-0.1, -0.05) is 0 Å². The van der Waals surface area contributed by atoms with Crippen LogP contribution in [0.1, 0.15) is 17.3 Å². The van der Waals surface area contributed by atoms with Crippen molar-refractivity contribution in [3.8, 4) is 23.0 Å². The zero-order chi connectivity index (χ0) is 20.5. The number of fused-ring (bicyclic) bond motifs is 1. The summed E-state index contributed by atoms with van der Waals surface area (Å²) in [6.45, 7) is 2.64. The molecule has 2 heterocycles. The second-order valence-corrected chi connectivity index (χ2v) is 6.77. The van der Waals surface area contributed by atoms with E-state index in [1.165, 1.54) is 0 Å². The average molecular weight is 398 g/mol. The van der Waals surface area contributed by atoms with Crippen molar-refractivity contribution in [2.45, 2.75) is 13.0 Å². The van der Waals surface area contributed by atoms with E-state index < -0.39 is 6.04 Å². The summed E-state index contributed by atoms with van der Waals surface area (Å²) in [5.74, 6) is 1.95. The van der Waals surface area contributed by atoms with Gasteiger partial charge >= 0.3 is 0 Å². The third kappa shape index (κ3) is 3.30. The lowest BCUT2D eigenvalue weighted by molar-refractivity contribution is -0.124. The van der Waals surface area contributed by atoms with Crippen LogP contribution in [0.15, 0.2) is 36.4 Å². The number of nitrogens with zero attached hydrogens (tertiary/aromatic N) is 2. The molecule has 2 aromatic carbocycles. The van der Waals surface area contributed by atoms with Gasteiger partial charge in [0.25, 0.3) is 5.91 Å². The SMILES string of the molecule is COc1ccc(N2CCN(C(=O)c3ccc4c(c3)OCO4)[C@@H](C)C2=O)c(OC)c1. The van der Waals surface area contributed by atoms with Crippen molar-refractivity contribution in [3.05, 3.63) is 42.0 Å². The van der Waals surface area contributed by atoms with Crippen molar-refractivity contribution in [1.29, 1.82) is 0 Å². The first-order chi connectivity index (χ1) is 14.0. The summed E-state index contributed by atoms with van der Waals surface area (Å²) in [6.07, 6.45) is 0. The number of piperazine rings is 1. The Morgan fingerprint density at radius 2 is 1.83 bits per heavy atom. The van der Waals surface area contributed by atoms with Crippen LogP contribution in [0.4, 0.5) is 5.69 Å². The number of ether oxygens (including phenoxy) is 4. The van der Waals surface area contributed by atoms with Crippen molar-refractivity contribution >= 4 is 17.5 Å². The van der Waals surface area contributed by atoms with E-state index in [1.807, 2.05) is 0 Å². The van der Waals surface area contributed by atoms with Crippen molar-refractivity contribution in [1.82, 2.24) is 4.90 Å². The smallest absolute Gasteiger partial charge is 0.254 e. The molecule has 0 N–H and O–H groups in total. The zero-order valence-electron chi connectivity index (χ0n) is 16.5. The van der Waals surface area contributed by atoms with E-state index in [0.29, 0.717) is 47.3 Å². The topological polar surface area (TPSA) is 77.5 Å². The Bertz CT molecular complexity index is 960. The Balaban J connectivity index is 1.55. The Morgan fingerprint density at radius 3 is 2.59 bits per heavy atom. The van der Waals surface area contributed by atoms with Gasteiger partial charge in [-0.15, -0.1) is 0 Å². The third-order valence-corrected chi connectivity index (χ3v) is 5.21. The first-order valence-electron chi connectivity index (χ1n) is 9.27. The summed E-state index contributed by atoms with van der Waals surface area (Å²) in [4.78, 5) is 29.3. The van der Waals surface area contributed by atoms with Crippen molar-refractivity contribution < 1.29 is 28.5 Å². The normalized spacial score (nSPS) is 18.0. The zero-order valence-corrected chi connectivity index (χ0v) is 16.5. The molecule has 0 saturated carbocycles. The maximum atomic E-state index is 13.1. The molecule has 2 aliphatic rings. The maximum absolute atomic E-state index is 13.1. The van der Waals surface area contributed by atoms with Crippen LogP contribution in [0, 0.1) is 0 Å². The molecular formula is C21H22N2O6. The van der Waals surface area contributed by atoms with Gasteiger partial charge in [0, 0.05) is 24.7 Å². The van der Waals surface area contributed by atoms with Crippen LogP contribution >= 0.6 is 0 Å². The standard InChI is InChI=1S/C21H22N2O6/c1-13-20(24)23(16-6-5-15(26-2)11-18(16)27-3)9-8-22(13)21(25)14-4-7-17-19(10-14)29-12-28-17/h4-7,10-11,13H,8-9,12H2,1-3H3/t13-/m0/s1. The van der Waals surface area contributed by atoms with Crippen LogP contribution < -0.4 is 23.8 Å². The number of benzene rings is 2. The van der Waals surface area contributed by atoms with E-state index in [0.717, 1.165) is 0 Å². The van der Waals surface area contributed by atoms with Crippen molar-refractivity contribution in [2.24, 2.45) is 0 Å². The fraction of sp³-hybridized carbons (Fsp3) is 0.333. The van der Waals surface area contributed by atoms with Crippen molar-refractivity contribution in [2.75, 3.05) is 39.0 Å². The molecule has 1 atom stereocenters. The number of hydrogen-bond donors (Lipinski definition) is 0. The molecule has 29 heavy (non-hydrogen) atoms. The molecule has 0 bridgehead atoms. The Hall–Kier alpha value is -3.42. The molecule has 8 nitrogen and oxygen atoms in total. The molecule has 0 unspecified atom stereocenters. The summed E-state index contributed by atoms with van der Waals surface area (Å²) in [5.41, 5.74) is 1.12. The summed E-state index contributed by atoms with van der Waals surface area (Å²) >= 11 is 0. The highest BCUT2D eigenvalue weighted by molar-refractivity contribution is 6.04. The third-order valence-electron chi connectivity index (χ3n) is 5.21. The van der Waals surface area contributed by atoms with Gasteiger partial charge in [0.15, 0.2) is 11.5 Å². The van der Waals surface area contributed by atoms with Gasteiger partial charge < -0.3 is 28.7 Å². The van der Waals surface area contributed by atoms with Crippen LogP contribution in [0.2, 0.25) is 0 Å². The Morgan fingerprint density at radius 1 is 1.03 bits per heavy atom. The molecule has 0 aromatic heterocycles. The second-order valence-electron chi connectivity index (χ2n) is 6.77. The molecular weight excluding hydrogens is 376 g/mol. The fourth-order valence-corrected chi connectivity index (χ4v) is 3.59. The molecule has 0 aliphatic carbocycles. The molecule has 2 aliphatic heterocycles. The van der Waals surface area contributed by atoms with E-state index in [9.17, 15) is 9.59 Å². The molecule has 2 amide bonds. The molecule has 4 rings (SSSR count). The highest BCUT2D eigenvalue weighted by atomic mass is 16.7. The van der Waals surface area contributed by atoms with E-state index in [-0.39, 0.29) is 18.6 Å². The molecule has 0 spiro atoms. The van der Waals surface area contributed by atoms with Gasteiger partial charge in [0.05, 0.1) is 19.9 Å². The largest absolute Gasteiger partial charge is 0.497 e. The monoisotopic (exact) mass is 398 g/mol. The predicted octanol–water partition coefficient (Wildman–Crippen LogP) is 2.31. The number of amides is 2. The minimum absolute atomic E-state index is 0.143. The molecule has 1 saturated heterocycles. The number of rotatable bonds is 4. The van der Waals surface area contributed by atoms with Gasteiger partial charge in [-0.2, -0.15) is 0 Å². The molecule has 152 valence electrons. The lowest BCUT2D eigenvalue weighted by atomic mass is 10.1. The Kier molecular flexibility index (Phi) is 4.92. The van der Waals surface area contributed by atoms with Crippen LogP contribution in [-0.4, -0.2) is 56.9 Å². The second kappa shape index (κ2) is 7.54. The lowest BCUT2D eigenvalue weighted by Gasteiger charge is -2.39. The quantitative estimate of drug-likeness (QED) is 0.787. The highest BCUT2D eigenvalue weighted by Crippen LogP contribution is 2.35. The highest BCUT2D eigenvalue weighted by Gasteiger charge is 2.36. The van der Waals surface area contributed by atoms with Crippen molar-refractivity contribution in [3.63, 3.8) is 0 Å². The summed E-state index contributed by atoms with van der Waals surface area (Å²) in [7, 11) is 3.12. The van der Waals surface area contributed by atoms with Gasteiger partial charge in [0.2, 0.25) is 12.7 Å². The van der Waals surface area contributed by atoms with E-state index in [1.54, 1.807) is 67.3 Å². The van der Waals surface area contributed by atoms with Gasteiger partial charge in [-0.25, -0.2) is 0 Å². The predicted molar refractivity (Wildman–Crippen MR) is 105 cm³/mol. The number of hydrogen-bond acceptors (Lipinski definition) is 6. The van der Waals surface area contributed by atoms with Crippen LogP contribution in [-0.2, 0) is 4.79 Å². The average Bonchev–Trinajstić information content (AvgIpc) is 3.22. The molecule has 2 aromatic rings. The number of carbonyl (C=O) groups excluding carboxylic acids is 2. The number of methoxy groups -OCH3 is 2. The van der Waals surface area contributed by atoms with Crippen LogP contribution in [0.3, 0.4) is 0 Å². The molecule has 0 radical (unpaired) electrons. The summed E-state index contributed by atoms with van der Waals surface area (Å²) in [6, 6.07) is 9.73. The number of carbonyl (C=O) groups is 2. The van der Waals surface area contributed by atoms with Crippen LogP contribution in [0.25, 0.3) is 0 Å². The van der Waals surface area contributed by atoms with E-state index in [2.05, 4.69) is 0 Å². The van der Waals surface area contributed by atoms with Gasteiger partial charge in [0.1, 0.15) is 17.5 Å². The fourth-order valence-electron chi connectivity index (χ4n) is 3.59. The van der Waals surface area contributed by atoms with Crippen LogP contribution in [0.5, 0.6) is 23.0 Å². The lowest BCUT2D eigenvalue weighted by Crippen LogP contribution is -2.57. The molecule has 8 heteroatoms. The summed E-state index contributed by atoms with van der Waals surface area (Å²) in [5, 5.41) is 0. The maximum Gasteiger partial charge on any atom is 0.254 e. The first kappa shape index (κ1) is 18.9. The minimum atomic E-state index is -0.617. The van der Waals surface area contributed by atoms with E-state index in [4.69, 9.17) is 18.9 Å².